The summed E-state index contributed by atoms with van der Waals surface area (Å²) in [6.07, 6.45) is 6.37. The molecule has 94 valence electrons. The largest absolute Gasteiger partial charge is 0.496 e. The fraction of sp³-hybridized carbons (Fsp3) is 0.571. The average Bonchev–Trinajstić information content (AvgIpc) is 2.82. The van der Waals surface area contributed by atoms with Crippen molar-refractivity contribution in [3.63, 3.8) is 0 Å². The molecule has 1 N–H and O–H groups in total. The number of hydrogen-bond donors (Lipinski definition) is 1. The van der Waals surface area contributed by atoms with Gasteiger partial charge in [0, 0.05) is 11.1 Å². The first-order chi connectivity index (χ1) is 8.29. The molecule has 3 heteroatoms. The summed E-state index contributed by atoms with van der Waals surface area (Å²) in [4.78, 5) is 0. The Kier molecular flexibility index (Phi) is 4.69. The van der Waals surface area contributed by atoms with Crippen molar-refractivity contribution < 1.29 is 4.74 Å². The minimum atomic E-state index is 0.722. The van der Waals surface area contributed by atoms with E-state index in [-0.39, 0.29) is 0 Å². The van der Waals surface area contributed by atoms with Gasteiger partial charge in [-0.1, -0.05) is 24.4 Å². The maximum Gasteiger partial charge on any atom is 0.122 e. The summed E-state index contributed by atoms with van der Waals surface area (Å²) in [7, 11) is 1.71. The van der Waals surface area contributed by atoms with Crippen molar-refractivity contribution in [1.29, 1.82) is 0 Å². The van der Waals surface area contributed by atoms with Gasteiger partial charge in [-0.3, -0.25) is 0 Å². The number of methoxy groups -OCH3 is 1. The zero-order valence-electron chi connectivity index (χ0n) is 10.3. The van der Waals surface area contributed by atoms with Gasteiger partial charge in [-0.2, -0.15) is 0 Å². The molecule has 0 bridgehead atoms. The lowest BCUT2D eigenvalue weighted by atomic mass is 10.1. The van der Waals surface area contributed by atoms with Gasteiger partial charge < -0.3 is 10.1 Å². The molecule has 0 saturated heterocycles. The van der Waals surface area contributed by atoms with Crippen LogP contribution in [0, 0.1) is 0 Å². The van der Waals surface area contributed by atoms with E-state index >= 15 is 0 Å². The molecule has 0 radical (unpaired) electrons. The van der Waals surface area contributed by atoms with Crippen LogP contribution >= 0.6 is 11.6 Å². The summed E-state index contributed by atoms with van der Waals surface area (Å²) >= 11 is 6.00. The normalized spacial score (nSPS) is 16.4. The van der Waals surface area contributed by atoms with E-state index < -0.39 is 0 Å². The number of rotatable bonds is 5. The van der Waals surface area contributed by atoms with Gasteiger partial charge >= 0.3 is 0 Å². The van der Waals surface area contributed by atoms with E-state index in [9.17, 15) is 0 Å². The summed E-state index contributed by atoms with van der Waals surface area (Å²) in [5, 5.41) is 4.38. The molecule has 1 aliphatic carbocycles. The molecule has 0 aliphatic heterocycles. The van der Waals surface area contributed by atoms with Crippen molar-refractivity contribution in [2.75, 3.05) is 13.7 Å². The molecule has 1 aromatic carbocycles. The SMILES string of the molecule is COc1ccc(Cl)cc1CCNC1CCCC1. The van der Waals surface area contributed by atoms with E-state index in [4.69, 9.17) is 16.3 Å². The maximum atomic E-state index is 6.00. The minimum Gasteiger partial charge on any atom is -0.496 e. The van der Waals surface area contributed by atoms with Crippen LogP contribution in [0.4, 0.5) is 0 Å². The molecule has 1 fully saturated rings. The number of nitrogens with one attached hydrogen (secondary N) is 1. The molecule has 2 rings (SSSR count). The minimum absolute atomic E-state index is 0.722. The molecule has 17 heavy (non-hydrogen) atoms. The smallest absolute Gasteiger partial charge is 0.122 e. The first-order valence-corrected chi connectivity index (χ1v) is 6.73. The first-order valence-electron chi connectivity index (χ1n) is 6.35. The Balaban J connectivity index is 1.86. The van der Waals surface area contributed by atoms with Crippen LogP contribution in [0.2, 0.25) is 5.02 Å². The zero-order valence-corrected chi connectivity index (χ0v) is 11.1. The molecule has 0 unspecified atom stereocenters. The van der Waals surface area contributed by atoms with Crippen LogP contribution in [-0.2, 0) is 6.42 Å². The van der Waals surface area contributed by atoms with Crippen LogP contribution in [0.15, 0.2) is 18.2 Å². The highest BCUT2D eigenvalue weighted by Crippen LogP contribution is 2.23. The van der Waals surface area contributed by atoms with Gasteiger partial charge in [-0.05, 0) is 49.6 Å². The Morgan fingerprint density at radius 3 is 2.82 bits per heavy atom. The molecule has 0 atom stereocenters. The highest BCUT2D eigenvalue weighted by atomic mass is 35.5. The standard InChI is InChI=1S/C14H20ClNO/c1-17-14-7-6-12(15)10-11(14)8-9-16-13-4-2-3-5-13/h6-7,10,13,16H,2-5,8-9H2,1H3. The predicted octanol–water partition coefficient (Wildman–Crippen LogP) is 3.42. The van der Waals surface area contributed by atoms with Crippen molar-refractivity contribution in [3.05, 3.63) is 28.8 Å². The molecule has 0 aromatic heterocycles. The average molecular weight is 254 g/mol. The van der Waals surface area contributed by atoms with Crippen LogP contribution in [0.3, 0.4) is 0 Å². The number of hydrogen-bond acceptors (Lipinski definition) is 2. The summed E-state index contributed by atoms with van der Waals surface area (Å²) in [6.45, 7) is 1.00. The van der Waals surface area contributed by atoms with Gasteiger partial charge in [0.1, 0.15) is 5.75 Å². The molecule has 1 saturated carbocycles. The summed E-state index contributed by atoms with van der Waals surface area (Å²) in [6, 6.07) is 6.53. The van der Waals surface area contributed by atoms with Gasteiger partial charge in [0.2, 0.25) is 0 Å². The Morgan fingerprint density at radius 2 is 2.12 bits per heavy atom. The fourth-order valence-corrected chi connectivity index (χ4v) is 2.68. The van der Waals surface area contributed by atoms with Crippen molar-refractivity contribution in [2.24, 2.45) is 0 Å². The van der Waals surface area contributed by atoms with Crippen LogP contribution in [0.5, 0.6) is 5.75 Å². The molecule has 1 aliphatic rings. The first kappa shape index (κ1) is 12.7. The van der Waals surface area contributed by atoms with Crippen molar-refractivity contribution in [3.8, 4) is 5.75 Å². The molecule has 1 aromatic rings. The quantitative estimate of drug-likeness (QED) is 0.868. The third-order valence-electron chi connectivity index (χ3n) is 3.42. The summed E-state index contributed by atoms with van der Waals surface area (Å²) < 4.78 is 5.34. The third kappa shape index (κ3) is 3.62. The van der Waals surface area contributed by atoms with E-state index in [1.807, 2.05) is 18.2 Å². The van der Waals surface area contributed by atoms with E-state index in [0.29, 0.717) is 0 Å². The Bertz CT molecular complexity index is 361. The molecule has 0 heterocycles. The third-order valence-corrected chi connectivity index (χ3v) is 3.66. The van der Waals surface area contributed by atoms with Crippen LogP contribution in [0.25, 0.3) is 0 Å². The number of halogens is 1. The van der Waals surface area contributed by atoms with Gasteiger partial charge in [-0.15, -0.1) is 0 Å². The second kappa shape index (κ2) is 6.27. The molecule has 2 nitrogen and oxygen atoms in total. The zero-order chi connectivity index (χ0) is 12.1. The van der Waals surface area contributed by atoms with E-state index in [1.54, 1.807) is 7.11 Å². The van der Waals surface area contributed by atoms with Crippen LogP contribution < -0.4 is 10.1 Å². The lowest BCUT2D eigenvalue weighted by Crippen LogP contribution is -2.28. The fourth-order valence-electron chi connectivity index (χ4n) is 2.48. The second-order valence-electron chi connectivity index (χ2n) is 4.64. The van der Waals surface area contributed by atoms with Crippen molar-refractivity contribution in [2.45, 2.75) is 38.1 Å². The molecule has 0 amide bonds. The van der Waals surface area contributed by atoms with Gasteiger partial charge in [0.15, 0.2) is 0 Å². The van der Waals surface area contributed by atoms with E-state index in [1.165, 1.54) is 31.2 Å². The second-order valence-corrected chi connectivity index (χ2v) is 5.08. The van der Waals surface area contributed by atoms with Crippen molar-refractivity contribution >= 4 is 11.6 Å². The molecular weight excluding hydrogens is 234 g/mol. The molecular formula is C14H20ClNO. The van der Waals surface area contributed by atoms with E-state index in [0.717, 1.165) is 29.8 Å². The Hall–Kier alpha value is -0.730. The van der Waals surface area contributed by atoms with Gasteiger partial charge in [0.05, 0.1) is 7.11 Å². The van der Waals surface area contributed by atoms with Crippen molar-refractivity contribution in [1.82, 2.24) is 5.32 Å². The maximum absolute atomic E-state index is 6.00. The van der Waals surface area contributed by atoms with E-state index in [2.05, 4.69) is 5.32 Å². The number of benzene rings is 1. The monoisotopic (exact) mass is 253 g/mol. The summed E-state index contributed by atoms with van der Waals surface area (Å²) in [5.41, 5.74) is 1.19. The highest BCUT2D eigenvalue weighted by molar-refractivity contribution is 6.30. The number of ether oxygens (including phenoxy) is 1. The van der Waals surface area contributed by atoms with Gasteiger partial charge in [-0.25, -0.2) is 0 Å². The Labute approximate surface area is 108 Å². The lowest BCUT2D eigenvalue weighted by Gasteiger charge is -2.13. The Morgan fingerprint density at radius 1 is 1.35 bits per heavy atom. The summed E-state index contributed by atoms with van der Waals surface area (Å²) in [5.74, 6) is 0.933. The van der Waals surface area contributed by atoms with Crippen LogP contribution in [-0.4, -0.2) is 19.7 Å². The molecule has 0 spiro atoms. The van der Waals surface area contributed by atoms with Crippen LogP contribution in [0.1, 0.15) is 31.2 Å². The lowest BCUT2D eigenvalue weighted by molar-refractivity contribution is 0.408. The highest BCUT2D eigenvalue weighted by Gasteiger charge is 2.13. The van der Waals surface area contributed by atoms with Gasteiger partial charge in [0.25, 0.3) is 0 Å². The topological polar surface area (TPSA) is 21.3 Å². The predicted molar refractivity (Wildman–Crippen MR) is 72.0 cm³/mol.